The van der Waals surface area contributed by atoms with Gasteiger partial charge in [-0.05, 0) is 37.3 Å². The van der Waals surface area contributed by atoms with Gasteiger partial charge < -0.3 is 24.6 Å². The molecular weight excluding hydrogens is 378 g/mol. The number of anilines is 2. The summed E-state index contributed by atoms with van der Waals surface area (Å²) < 4.78 is 10.5. The SMILES string of the molecule is CC[NH+]1CCN(c2ccc(NC(=O)c3cc(OC)cc(OC)c3)cc2Cl)CC1. The summed E-state index contributed by atoms with van der Waals surface area (Å²) in [5, 5.41) is 3.53. The van der Waals surface area contributed by atoms with Crippen LogP contribution in [0.5, 0.6) is 11.5 Å². The first-order valence-electron chi connectivity index (χ1n) is 9.46. The first kappa shape index (κ1) is 20.3. The first-order valence-corrected chi connectivity index (χ1v) is 9.84. The Balaban J connectivity index is 1.71. The van der Waals surface area contributed by atoms with E-state index in [9.17, 15) is 4.79 Å². The fourth-order valence-corrected chi connectivity index (χ4v) is 3.70. The zero-order chi connectivity index (χ0) is 20.1. The maximum atomic E-state index is 12.6. The number of carbonyl (C=O) groups excluding carboxylic acids is 1. The van der Waals surface area contributed by atoms with Crippen molar-refractivity contribution >= 4 is 28.9 Å². The molecule has 1 saturated heterocycles. The highest BCUT2D eigenvalue weighted by Crippen LogP contribution is 2.29. The molecule has 2 aromatic rings. The third-order valence-corrected chi connectivity index (χ3v) is 5.43. The Morgan fingerprint density at radius 3 is 2.29 bits per heavy atom. The van der Waals surface area contributed by atoms with Gasteiger partial charge in [0, 0.05) is 17.3 Å². The van der Waals surface area contributed by atoms with Crippen LogP contribution in [0.3, 0.4) is 0 Å². The summed E-state index contributed by atoms with van der Waals surface area (Å²) in [5.74, 6) is 0.874. The molecule has 0 radical (unpaired) electrons. The van der Waals surface area contributed by atoms with E-state index in [0.717, 1.165) is 38.4 Å². The molecule has 150 valence electrons. The molecule has 1 fully saturated rings. The van der Waals surface area contributed by atoms with Crippen LogP contribution >= 0.6 is 11.6 Å². The van der Waals surface area contributed by atoms with E-state index in [0.29, 0.717) is 27.8 Å². The van der Waals surface area contributed by atoms with Crippen molar-refractivity contribution in [2.24, 2.45) is 0 Å². The molecule has 0 aromatic heterocycles. The Labute approximate surface area is 171 Å². The topological polar surface area (TPSA) is 55.2 Å². The van der Waals surface area contributed by atoms with Crippen molar-refractivity contribution in [1.82, 2.24) is 0 Å². The molecule has 0 atom stereocenters. The second kappa shape index (κ2) is 9.17. The van der Waals surface area contributed by atoms with Crippen molar-refractivity contribution in [1.29, 1.82) is 0 Å². The number of benzene rings is 2. The minimum Gasteiger partial charge on any atom is -0.497 e. The van der Waals surface area contributed by atoms with E-state index in [2.05, 4.69) is 17.1 Å². The third-order valence-electron chi connectivity index (χ3n) is 5.13. The smallest absolute Gasteiger partial charge is 0.255 e. The van der Waals surface area contributed by atoms with Crippen LogP contribution in [0.1, 0.15) is 17.3 Å². The number of piperazine rings is 1. The standard InChI is InChI=1S/C21H26ClN3O3/c1-4-24-7-9-25(10-8-24)20-6-5-16(13-19(20)22)23-21(26)15-11-17(27-2)14-18(12-15)28-3/h5-6,11-14H,4,7-10H2,1-3H3,(H,23,26)/p+1. The first-order chi connectivity index (χ1) is 13.5. The highest BCUT2D eigenvalue weighted by atomic mass is 35.5. The molecule has 1 aliphatic rings. The van der Waals surface area contributed by atoms with Crippen molar-refractivity contribution in [2.75, 3.05) is 57.2 Å². The number of ether oxygens (including phenoxy) is 2. The van der Waals surface area contributed by atoms with Gasteiger partial charge in [-0.1, -0.05) is 11.6 Å². The van der Waals surface area contributed by atoms with Crippen LogP contribution in [0.2, 0.25) is 5.02 Å². The predicted octanol–water partition coefficient (Wildman–Crippen LogP) is 2.33. The molecule has 3 rings (SSSR count). The summed E-state index contributed by atoms with van der Waals surface area (Å²) in [7, 11) is 3.10. The predicted molar refractivity (Wildman–Crippen MR) is 112 cm³/mol. The van der Waals surface area contributed by atoms with Crippen LogP contribution in [0.4, 0.5) is 11.4 Å². The van der Waals surface area contributed by atoms with Gasteiger partial charge in [-0.15, -0.1) is 0 Å². The Morgan fingerprint density at radius 2 is 1.75 bits per heavy atom. The van der Waals surface area contributed by atoms with Crippen LogP contribution < -0.4 is 24.6 Å². The van der Waals surface area contributed by atoms with Gasteiger partial charge in [-0.2, -0.15) is 0 Å². The number of hydrogen-bond donors (Lipinski definition) is 2. The van der Waals surface area contributed by atoms with Gasteiger partial charge in [0.05, 0.1) is 57.7 Å². The number of halogens is 1. The lowest BCUT2D eigenvalue weighted by Crippen LogP contribution is -3.14. The number of quaternary nitrogens is 1. The van der Waals surface area contributed by atoms with Gasteiger partial charge in [0.1, 0.15) is 11.5 Å². The van der Waals surface area contributed by atoms with E-state index in [-0.39, 0.29) is 5.91 Å². The molecular formula is C21H27ClN3O3+. The third kappa shape index (κ3) is 4.69. The molecule has 0 unspecified atom stereocenters. The van der Waals surface area contributed by atoms with Gasteiger partial charge in [0.25, 0.3) is 5.91 Å². The number of amides is 1. The monoisotopic (exact) mass is 404 g/mol. The Kier molecular flexibility index (Phi) is 6.65. The molecule has 28 heavy (non-hydrogen) atoms. The molecule has 1 aliphatic heterocycles. The number of nitrogens with one attached hydrogen (secondary N) is 2. The van der Waals surface area contributed by atoms with Crippen LogP contribution in [-0.2, 0) is 0 Å². The van der Waals surface area contributed by atoms with E-state index in [1.165, 1.54) is 0 Å². The van der Waals surface area contributed by atoms with Crippen molar-refractivity contribution in [2.45, 2.75) is 6.92 Å². The summed E-state index contributed by atoms with van der Waals surface area (Å²) in [6.07, 6.45) is 0. The van der Waals surface area contributed by atoms with Gasteiger partial charge in [0.2, 0.25) is 0 Å². The molecule has 0 saturated carbocycles. The summed E-state index contributed by atoms with van der Waals surface area (Å²) in [6, 6.07) is 10.7. The second-order valence-corrected chi connectivity index (χ2v) is 7.22. The minimum atomic E-state index is -0.249. The zero-order valence-corrected chi connectivity index (χ0v) is 17.3. The summed E-state index contributed by atoms with van der Waals surface area (Å²) in [6.45, 7) is 7.57. The average molecular weight is 405 g/mol. The molecule has 1 heterocycles. The normalized spacial score (nSPS) is 14.6. The highest BCUT2D eigenvalue weighted by Gasteiger charge is 2.20. The van der Waals surface area contributed by atoms with Crippen molar-refractivity contribution in [3.8, 4) is 11.5 Å². The van der Waals surface area contributed by atoms with Crippen LogP contribution in [0.25, 0.3) is 0 Å². The van der Waals surface area contributed by atoms with Gasteiger partial charge in [0.15, 0.2) is 0 Å². The fraction of sp³-hybridized carbons (Fsp3) is 0.381. The molecule has 0 spiro atoms. The van der Waals surface area contributed by atoms with Gasteiger partial charge in [-0.25, -0.2) is 0 Å². The molecule has 0 aliphatic carbocycles. The Bertz CT molecular complexity index is 813. The summed E-state index contributed by atoms with van der Waals surface area (Å²) in [5.41, 5.74) is 2.12. The lowest BCUT2D eigenvalue weighted by Gasteiger charge is -2.33. The number of hydrogen-bond acceptors (Lipinski definition) is 4. The van der Waals surface area contributed by atoms with Crippen molar-refractivity contribution < 1.29 is 19.2 Å². The van der Waals surface area contributed by atoms with E-state index in [1.54, 1.807) is 43.4 Å². The molecule has 1 amide bonds. The zero-order valence-electron chi connectivity index (χ0n) is 16.5. The molecule has 2 aromatic carbocycles. The maximum Gasteiger partial charge on any atom is 0.255 e. The molecule has 6 nitrogen and oxygen atoms in total. The number of methoxy groups -OCH3 is 2. The minimum absolute atomic E-state index is 0.249. The Hall–Kier alpha value is -2.44. The van der Waals surface area contributed by atoms with Crippen LogP contribution in [0.15, 0.2) is 36.4 Å². The van der Waals surface area contributed by atoms with Gasteiger partial charge >= 0.3 is 0 Å². The van der Waals surface area contributed by atoms with E-state index in [4.69, 9.17) is 21.1 Å². The van der Waals surface area contributed by atoms with Gasteiger partial charge in [-0.3, -0.25) is 4.79 Å². The number of nitrogens with zero attached hydrogens (tertiary/aromatic N) is 1. The summed E-state index contributed by atoms with van der Waals surface area (Å²) >= 11 is 6.52. The maximum absolute atomic E-state index is 12.6. The highest BCUT2D eigenvalue weighted by molar-refractivity contribution is 6.33. The van der Waals surface area contributed by atoms with Crippen molar-refractivity contribution in [3.05, 3.63) is 47.0 Å². The molecule has 2 N–H and O–H groups in total. The largest absolute Gasteiger partial charge is 0.497 e. The number of rotatable bonds is 6. The second-order valence-electron chi connectivity index (χ2n) is 6.81. The van der Waals surface area contributed by atoms with E-state index in [1.807, 2.05) is 12.1 Å². The van der Waals surface area contributed by atoms with E-state index < -0.39 is 0 Å². The summed E-state index contributed by atoms with van der Waals surface area (Å²) in [4.78, 5) is 16.6. The van der Waals surface area contributed by atoms with Crippen molar-refractivity contribution in [3.63, 3.8) is 0 Å². The number of likely N-dealkylation sites (N-methyl/N-ethyl adjacent to an activating group) is 1. The lowest BCUT2D eigenvalue weighted by atomic mass is 10.1. The molecule has 0 bridgehead atoms. The quantitative estimate of drug-likeness (QED) is 0.776. The Morgan fingerprint density at radius 1 is 1.11 bits per heavy atom. The molecule has 7 heteroatoms. The average Bonchev–Trinajstić information content (AvgIpc) is 2.73. The van der Waals surface area contributed by atoms with Crippen LogP contribution in [-0.4, -0.2) is 52.9 Å². The van der Waals surface area contributed by atoms with E-state index >= 15 is 0 Å². The van der Waals surface area contributed by atoms with Crippen LogP contribution in [0, 0.1) is 0 Å². The fourth-order valence-electron chi connectivity index (χ4n) is 3.40. The lowest BCUT2D eigenvalue weighted by molar-refractivity contribution is -0.898. The number of carbonyl (C=O) groups is 1.